The molecule has 1 aromatic carbocycles. The van der Waals surface area contributed by atoms with Crippen molar-refractivity contribution in [3.8, 4) is 11.5 Å². The van der Waals surface area contributed by atoms with E-state index in [0.29, 0.717) is 6.61 Å². The number of fused-ring (bicyclic) bond motifs is 1. The summed E-state index contributed by atoms with van der Waals surface area (Å²) in [6.07, 6.45) is 7.20. The maximum atomic E-state index is 5.71. The molecule has 17 heavy (non-hydrogen) atoms. The molecular weight excluding hydrogens is 212 g/mol. The van der Waals surface area contributed by atoms with Crippen molar-refractivity contribution >= 4 is 6.08 Å². The lowest BCUT2D eigenvalue weighted by atomic mass is 10.0. The molecule has 0 spiro atoms. The molecule has 0 radical (unpaired) electrons. The summed E-state index contributed by atoms with van der Waals surface area (Å²) in [7, 11) is 1.69. The first kappa shape index (κ1) is 11.8. The number of rotatable bonds is 3. The third-order valence-corrected chi connectivity index (χ3v) is 2.76. The Labute approximate surface area is 103 Å². The van der Waals surface area contributed by atoms with Gasteiger partial charge in [-0.05, 0) is 38.5 Å². The van der Waals surface area contributed by atoms with Crippen LogP contribution in [0.15, 0.2) is 29.9 Å². The Morgan fingerprint density at radius 2 is 2.24 bits per heavy atom. The van der Waals surface area contributed by atoms with Crippen molar-refractivity contribution in [1.82, 2.24) is 0 Å². The molecule has 2 rings (SSSR count). The summed E-state index contributed by atoms with van der Waals surface area (Å²) >= 11 is 0. The third-order valence-electron chi connectivity index (χ3n) is 2.76. The van der Waals surface area contributed by atoms with Gasteiger partial charge in [0.2, 0.25) is 0 Å². The molecule has 1 aliphatic heterocycles. The Balaban J connectivity index is 2.41. The first-order valence-electron chi connectivity index (χ1n) is 5.84. The van der Waals surface area contributed by atoms with Crippen LogP contribution < -0.4 is 9.47 Å². The number of benzene rings is 1. The summed E-state index contributed by atoms with van der Waals surface area (Å²) in [6, 6.07) is 4.06. The zero-order chi connectivity index (χ0) is 12.3. The molecule has 1 aromatic rings. The first-order chi connectivity index (χ1) is 8.20. The van der Waals surface area contributed by atoms with Gasteiger partial charge in [-0.1, -0.05) is 17.7 Å². The fourth-order valence-electron chi connectivity index (χ4n) is 1.87. The summed E-state index contributed by atoms with van der Waals surface area (Å²) in [4.78, 5) is 0. The molecule has 2 nitrogen and oxygen atoms in total. The van der Waals surface area contributed by atoms with Gasteiger partial charge < -0.3 is 9.47 Å². The zero-order valence-electron chi connectivity index (χ0n) is 10.6. The Hall–Kier alpha value is -1.70. The Bertz CT molecular complexity index is 466. The summed E-state index contributed by atoms with van der Waals surface area (Å²) in [5.41, 5.74) is 3.60. The van der Waals surface area contributed by atoms with Crippen molar-refractivity contribution in [2.75, 3.05) is 13.7 Å². The van der Waals surface area contributed by atoms with Crippen LogP contribution in [0.2, 0.25) is 0 Å². The van der Waals surface area contributed by atoms with Crippen molar-refractivity contribution in [2.24, 2.45) is 0 Å². The van der Waals surface area contributed by atoms with Gasteiger partial charge in [0.25, 0.3) is 0 Å². The maximum Gasteiger partial charge on any atom is 0.130 e. The lowest BCUT2D eigenvalue weighted by molar-refractivity contribution is 0.353. The van der Waals surface area contributed by atoms with Crippen LogP contribution >= 0.6 is 0 Å². The van der Waals surface area contributed by atoms with Crippen LogP contribution in [0.3, 0.4) is 0 Å². The van der Waals surface area contributed by atoms with Crippen LogP contribution in [0.4, 0.5) is 0 Å². The van der Waals surface area contributed by atoms with Gasteiger partial charge in [0.1, 0.15) is 18.1 Å². The minimum atomic E-state index is 0.654. The number of hydrogen-bond donors (Lipinski definition) is 0. The number of ether oxygens (including phenoxy) is 2. The molecule has 0 aliphatic carbocycles. The molecule has 1 aliphatic rings. The molecule has 0 amide bonds. The number of allylic oxidation sites excluding steroid dienone is 2. The molecular formula is C15H18O2. The molecule has 1 heterocycles. The molecule has 0 atom stereocenters. The molecule has 0 unspecified atom stereocenters. The van der Waals surface area contributed by atoms with Gasteiger partial charge in [0.05, 0.1) is 7.11 Å². The third kappa shape index (κ3) is 2.70. The van der Waals surface area contributed by atoms with E-state index in [2.05, 4.69) is 32.1 Å². The van der Waals surface area contributed by atoms with Gasteiger partial charge in [-0.2, -0.15) is 0 Å². The van der Waals surface area contributed by atoms with E-state index >= 15 is 0 Å². The summed E-state index contributed by atoms with van der Waals surface area (Å²) in [5.74, 6) is 1.88. The fourth-order valence-corrected chi connectivity index (χ4v) is 1.87. The van der Waals surface area contributed by atoms with Crippen LogP contribution in [-0.2, 0) is 6.42 Å². The second kappa shape index (κ2) is 5.09. The molecule has 2 heteroatoms. The minimum Gasteiger partial charge on any atom is -0.497 e. The van der Waals surface area contributed by atoms with Crippen molar-refractivity contribution < 1.29 is 9.47 Å². The first-order valence-corrected chi connectivity index (χ1v) is 5.84. The van der Waals surface area contributed by atoms with Gasteiger partial charge in [0.15, 0.2) is 0 Å². The summed E-state index contributed by atoms with van der Waals surface area (Å²) in [6.45, 7) is 4.86. The van der Waals surface area contributed by atoms with Crippen molar-refractivity contribution in [1.29, 1.82) is 0 Å². The second-order valence-corrected chi connectivity index (χ2v) is 4.40. The average molecular weight is 230 g/mol. The molecule has 0 N–H and O–H groups in total. The summed E-state index contributed by atoms with van der Waals surface area (Å²) in [5, 5.41) is 0. The molecule has 0 fully saturated rings. The van der Waals surface area contributed by atoms with Gasteiger partial charge in [0, 0.05) is 11.1 Å². The molecule has 0 bridgehead atoms. The van der Waals surface area contributed by atoms with Gasteiger partial charge in [-0.25, -0.2) is 0 Å². The lowest BCUT2D eigenvalue weighted by Crippen LogP contribution is -2.04. The van der Waals surface area contributed by atoms with E-state index < -0.39 is 0 Å². The van der Waals surface area contributed by atoms with Crippen molar-refractivity contribution in [2.45, 2.75) is 20.3 Å². The van der Waals surface area contributed by atoms with Gasteiger partial charge >= 0.3 is 0 Å². The standard InChI is InChI=1S/C15H18O2/c1-11(2)6-7-13-10-14(16-3)9-12-5-4-8-17-15(12)13/h4-6,9-10H,7-8H2,1-3H3. The second-order valence-electron chi connectivity index (χ2n) is 4.40. The van der Waals surface area contributed by atoms with Crippen LogP contribution in [0.5, 0.6) is 11.5 Å². The van der Waals surface area contributed by atoms with E-state index in [1.165, 1.54) is 11.1 Å². The predicted molar refractivity (Wildman–Crippen MR) is 70.7 cm³/mol. The fraction of sp³-hybridized carbons (Fsp3) is 0.333. The van der Waals surface area contributed by atoms with Crippen molar-refractivity contribution in [3.05, 3.63) is 41.0 Å². The highest BCUT2D eigenvalue weighted by Crippen LogP contribution is 2.33. The van der Waals surface area contributed by atoms with Gasteiger partial charge in [-0.15, -0.1) is 0 Å². The Morgan fingerprint density at radius 3 is 2.94 bits per heavy atom. The Morgan fingerprint density at radius 1 is 1.41 bits per heavy atom. The monoisotopic (exact) mass is 230 g/mol. The zero-order valence-corrected chi connectivity index (χ0v) is 10.6. The van der Waals surface area contributed by atoms with Crippen LogP contribution in [-0.4, -0.2) is 13.7 Å². The van der Waals surface area contributed by atoms with E-state index in [-0.39, 0.29) is 0 Å². The van der Waals surface area contributed by atoms with Gasteiger partial charge in [-0.3, -0.25) is 0 Å². The predicted octanol–water partition coefficient (Wildman–Crippen LogP) is 3.61. The van der Waals surface area contributed by atoms with E-state index in [0.717, 1.165) is 23.5 Å². The van der Waals surface area contributed by atoms with E-state index in [1.807, 2.05) is 12.1 Å². The summed E-state index contributed by atoms with van der Waals surface area (Å²) < 4.78 is 11.0. The van der Waals surface area contributed by atoms with Crippen LogP contribution in [0.25, 0.3) is 6.08 Å². The lowest BCUT2D eigenvalue weighted by Gasteiger charge is -2.17. The molecule has 0 saturated heterocycles. The average Bonchev–Trinajstić information content (AvgIpc) is 2.35. The van der Waals surface area contributed by atoms with E-state index in [9.17, 15) is 0 Å². The highest BCUT2D eigenvalue weighted by Gasteiger charge is 2.12. The van der Waals surface area contributed by atoms with Crippen molar-refractivity contribution in [3.63, 3.8) is 0 Å². The largest absolute Gasteiger partial charge is 0.497 e. The molecule has 90 valence electrons. The molecule has 0 saturated carbocycles. The normalized spacial score (nSPS) is 12.6. The van der Waals surface area contributed by atoms with E-state index in [4.69, 9.17) is 9.47 Å². The smallest absolute Gasteiger partial charge is 0.130 e. The quantitative estimate of drug-likeness (QED) is 0.738. The van der Waals surface area contributed by atoms with Crippen LogP contribution in [0.1, 0.15) is 25.0 Å². The molecule has 0 aromatic heterocycles. The number of methoxy groups -OCH3 is 1. The minimum absolute atomic E-state index is 0.654. The van der Waals surface area contributed by atoms with Crippen LogP contribution in [0, 0.1) is 0 Å². The number of hydrogen-bond acceptors (Lipinski definition) is 2. The Kier molecular flexibility index (Phi) is 3.52. The highest BCUT2D eigenvalue weighted by atomic mass is 16.5. The topological polar surface area (TPSA) is 18.5 Å². The SMILES string of the molecule is COc1cc2c(c(CC=C(C)C)c1)OCC=C2. The highest BCUT2D eigenvalue weighted by molar-refractivity contribution is 5.64. The van der Waals surface area contributed by atoms with E-state index in [1.54, 1.807) is 7.11 Å². The maximum absolute atomic E-state index is 5.71.